The van der Waals surface area contributed by atoms with Gasteiger partial charge in [0.05, 0.1) is 12.0 Å². The summed E-state index contributed by atoms with van der Waals surface area (Å²) in [6, 6.07) is -0.629. The van der Waals surface area contributed by atoms with E-state index in [-0.39, 0.29) is 23.8 Å². The Bertz CT molecular complexity index is 620. The van der Waals surface area contributed by atoms with Crippen molar-refractivity contribution >= 4 is 29.8 Å². The van der Waals surface area contributed by atoms with E-state index in [1.807, 2.05) is 6.92 Å². The predicted molar refractivity (Wildman–Crippen MR) is 92.6 cm³/mol. The Morgan fingerprint density at radius 1 is 1.35 bits per heavy atom. The number of ether oxygens (including phenoxy) is 4. The SMILES string of the molecule is CCC(C)(C)C(=O)OCOC(=O)OC1=C(COC)CS[C@H]2C(N)C(=O)N12. The number of hydrogen-bond donors (Lipinski definition) is 1. The summed E-state index contributed by atoms with van der Waals surface area (Å²) in [7, 11) is 1.50. The van der Waals surface area contributed by atoms with E-state index in [9.17, 15) is 14.4 Å². The molecule has 0 aromatic heterocycles. The van der Waals surface area contributed by atoms with Crippen LogP contribution in [0.4, 0.5) is 4.79 Å². The predicted octanol–water partition coefficient (Wildman–Crippen LogP) is 1.18. The zero-order valence-electron chi connectivity index (χ0n) is 15.3. The third-order valence-corrected chi connectivity index (χ3v) is 5.70. The Hall–Kier alpha value is -1.78. The van der Waals surface area contributed by atoms with E-state index in [0.717, 1.165) is 0 Å². The van der Waals surface area contributed by atoms with Crippen LogP contribution in [0.2, 0.25) is 0 Å². The molecule has 0 aromatic rings. The first kappa shape index (κ1) is 20.5. The second-order valence-electron chi connectivity index (χ2n) is 6.56. The number of carbonyl (C=O) groups excluding carboxylic acids is 3. The number of methoxy groups -OCH3 is 1. The Labute approximate surface area is 156 Å². The van der Waals surface area contributed by atoms with Gasteiger partial charge >= 0.3 is 12.1 Å². The number of thioether (sulfide) groups is 1. The van der Waals surface area contributed by atoms with E-state index in [0.29, 0.717) is 17.7 Å². The minimum atomic E-state index is -1.07. The zero-order chi connectivity index (χ0) is 19.5. The lowest BCUT2D eigenvalue weighted by Crippen LogP contribution is -2.68. The van der Waals surface area contributed by atoms with E-state index in [4.69, 9.17) is 24.7 Å². The summed E-state index contributed by atoms with van der Waals surface area (Å²) in [6.07, 6.45) is -0.491. The van der Waals surface area contributed by atoms with Gasteiger partial charge < -0.3 is 24.7 Å². The number of carbonyl (C=O) groups is 3. The lowest BCUT2D eigenvalue weighted by atomic mass is 9.91. The molecule has 0 aromatic carbocycles. The third-order valence-electron chi connectivity index (χ3n) is 4.34. The molecular formula is C16H24N2O7S. The summed E-state index contributed by atoms with van der Waals surface area (Å²) in [5.41, 5.74) is 5.72. The number of rotatable bonds is 7. The fourth-order valence-corrected chi connectivity index (χ4v) is 3.53. The zero-order valence-corrected chi connectivity index (χ0v) is 16.1. The van der Waals surface area contributed by atoms with Crippen LogP contribution in [0, 0.1) is 5.41 Å². The van der Waals surface area contributed by atoms with E-state index in [1.54, 1.807) is 13.8 Å². The van der Waals surface area contributed by atoms with Crippen molar-refractivity contribution in [2.24, 2.45) is 11.1 Å². The smallest absolute Gasteiger partial charge is 0.427 e. The number of nitrogens with zero attached hydrogens (tertiary/aromatic N) is 1. The summed E-state index contributed by atoms with van der Waals surface area (Å²) in [5, 5.41) is -0.283. The summed E-state index contributed by atoms with van der Waals surface area (Å²) < 4.78 is 20.0. The summed E-state index contributed by atoms with van der Waals surface area (Å²) in [4.78, 5) is 37.1. The molecule has 0 radical (unpaired) electrons. The van der Waals surface area contributed by atoms with E-state index in [2.05, 4.69) is 0 Å². The Morgan fingerprint density at radius 3 is 2.65 bits per heavy atom. The van der Waals surface area contributed by atoms with E-state index >= 15 is 0 Å². The maximum Gasteiger partial charge on any atom is 0.518 e. The van der Waals surface area contributed by atoms with Crippen molar-refractivity contribution in [1.29, 1.82) is 0 Å². The fourth-order valence-electron chi connectivity index (χ4n) is 2.28. The van der Waals surface area contributed by atoms with Crippen LogP contribution >= 0.6 is 11.8 Å². The van der Waals surface area contributed by atoms with Crippen LogP contribution < -0.4 is 5.73 Å². The fraction of sp³-hybridized carbons (Fsp3) is 0.688. The number of amides is 1. The van der Waals surface area contributed by atoms with Gasteiger partial charge in [0, 0.05) is 18.4 Å². The standard InChI is InChI=1S/C16H24N2O7S/c1-5-16(2,3)14(20)23-8-24-15(21)25-12-9(6-22-4)7-26-13-10(17)11(19)18(12)13/h10,13H,5-8,17H2,1-4H3/t10?,13-/m0/s1. The molecular weight excluding hydrogens is 364 g/mol. The summed E-state index contributed by atoms with van der Waals surface area (Å²) in [5.74, 6) is -0.231. The van der Waals surface area contributed by atoms with Gasteiger partial charge in [-0.25, -0.2) is 4.79 Å². The molecule has 2 heterocycles. The van der Waals surface area contributed by atoms with Crippen LogP contribution in [0.15, 0.2) is 11.5 Å². The highest BCUT2D eigenvalue weighted by atomic mass is 32.2. The number of β-lactam (4-membered cyclic amide) rings is 1. The van der Waals surface area contributed by atoms with Gasteiger partial charge in [0.2, 0.25) is 18.6 Å². The Balaban J connectivity index is 1.95. The molecule has 2 aliphatic rings. The minimum Gasteiger partial charge on any atom is -0.427 e. The van der Waals surface area contributed by atoms with Crippen molar-refractivity contribution < 1.29 is 33.3 Å². The van der Waals surface area contributed by atoms with Gasteiger partial charge in [0.15, 0.2) is 0 Å². The highest BCUT2D eigenvalue weighted by molar-refractivity contribution is 8.00. The van der Waals surface area contributed by atoms with Crippen LogP contribution in [-0.4, -0.2) is 60.6 Å². The first-order valence-electron chi connectivity index (χ1n) is 8.16. The van der Waals surface area contributed by atoms with Gasteiger partial charge in [-0.3, -0.25) is 14.5 Å². The highest BCUT2D eigenvalue weighted by Crippen LogP contribution is 2.39. The van der Waals surface area contributed by atoms with Crippen LogP contribution in [-0.2, 0) is 28.5 Å². The second kappa shape index (κ2) is 8.28. The van der Waals surface area contributed by atoms with E-state index < -0.39 is 30.4 Å². The molecule has 1 saturated heterocycles. The van der Waals surface area contributed by atoms with Crippen molar-refractivity contribution in [2.45, 2.75) is 38.6 Å². The quantitative estimate of drug-likeness (QED) is 0.389. The maximum atomic E-state index is 12.0. The van der Waals surface area contributed by atoms with Gasteiger partial charge in [-0.05, 0) is 20.3 Å². The molecule has 0 saturated carbocycles. The first-order chi connectivity index (χ1) is 12.2. The number of fused-ring (bicyclic) bond motifs is 1. The maximum absolute atomic E-state index is 12.0. The first-order valence-corrected chi connectivity index (χ1v) is 9.20. The van der Waals surface area contributed by atoms with E-state index in [1.165, 1.54) is 23.8 Å². The second-order valence-corrected chi connectivity index (χ2v) is 7.67. The van der Waals surface area contributed by atoms with Crippen LogP contribution in [0.25, 0.3) is 0 Å². The molecule has 10 heteroatoms. The van der Waals surface area contributed by atoms with Crippen molar-refractivity contribution in [3.05, 3.63) is 11.5 Å². The molecule has 2 aliphatic heterocycles. The van der Waals surface area contributed by atoms with Gasteiger partial charge in [0.1, 0.15) is 11.4 Å². The number of hydrogen-bond acceptors (Lipinski definition) is 9. The van der Waals surface area contributed by atoms with Gasteiger partial charge in [-0.15, -0.1) is 11.8 Å². The molecule has 0 bridgehead atoms. The van der Waals surface area contributed by atoms with Crippen molar-refractivity contribution in [3.63, 3.8) is 0 Å². The molecule has 1 fully saturated rings. The molecule has 2 rings (SSSR count). The van der Waals surface area contributed by atoms with Crippen LogP contribution in [0.3, 0.4) is 0 Å². The molecule has 0 spiro atoms. The van der Waals surface area contributed by atoms with Crippen molar-refractivity contribution in [3.8, 4) is 0 Å². The van der Waals surface area contributed by atoms with Crippen LogP contribution in [0.1, 0.15) is 27.2 Å². The molecule has 1 unspecified atom stereocenters. The molecule has 26 heavy (non-hydrogen) atoms. The number of nitrogens with two attached hydrogens (primary N) is 1. The largest absolute Gasteiger partial charge is 0.518 e. The van der Waals surface area contributed by atoms with Gasteiger partial charge in [-0.1, -0.05) is 6.92 Å². The molecule has 0 aliphatic carbocycles. The minimum absolute atomic E-state index is 0.0764. The van der Waals surface area contributed by atoms with Crippen LogP contribution in [0.5, 0.6) is 0 Å². The Kier molecular flexibility index (Phi) is 6.53. The van der Waals surface area contributed by atoms with Crippen molar-refractivity contribution in [2.75, 3.05) is 26.3 Å². The summed E-state index contributed by atoms with van der Waals surface area (Å²) in [6.45, 7) is 4.94. The topological polar surface area (TPSA) is 117 Å². The lowest BCUT2D eigenvalue weighted by molar-refractivity contribution is -0.163. The van der Waals surface area contributed by atoms with Gasteiger partial charge in [0.25, 0.3) is 0 Å². The van der Waals surface area contributed by atoms with Gasteiger partial charge in [-0.2, -0.15) is 0 Å². The molecule has 2 N–H and O–H groups in total. The van der Waals surface area contributed by atoms with Crippen molar-refractivity contribution in [1.82, 2.24) is 4.90 Å². The third kappa shape index (κ3) is 4.13. The normalized spacial score (nSPS) is 22.5. The summed E-state index contributed by atoms with van der Waals surface area (Å²) >= 11 is 1.47. The molecule has 1 amide bonds. The highest BCUT2D eigenvalue weighted by Gasteiger charge is 2.51. The Morgan fingerprint density at radius 2 is 2.04 bits per heavy atom. The average molecular weight is 388 g/mol. The number of esters is 1. The molecule has 9 nitrogen and oxygen atoms in total. The average Bonchev–Trinajstić information content (AvgIpc) is 2.62. The molecule has 146 valence electrons. The lowest BCUT2D eigenvalue weighted by Gasteiger charge is -2.47. The molecule has 2 atom stereocenters. The monoisotopic (exact) mass is 388 g/mol.